The molecule has 1 atom stereocenters. The number of para-hydroxylation sites is 2. The molecular weight excluding hydrogens is 270 g/mol. The third-order valence-corrected chi connectivity index (χ3v) is 2.83. The van der Waals surface area contributed by atoms with Gasteiger partial charge >= 0.3 is 0 Å². The van der Waals surface area contributed by atoms with E-state index in [4.69, 9.17) is 9.26 Å². The van der Waals surface area contributed by atoms with Crippen molar-refractivity contribution in [3.63, 3.8) is 0 Å². The Labute approximate surface area is 123 Å². The quantitative estimate of drug-likeness (QED) is 0.855. The first-order valence-electron chi connectivity index (χ1n) is 6.82. The Hall–Kier alpha value is -2.50. The molecule has 0 bridgehead atoms. The van der Waals surface area contributed by atoms with E-state index in [0.717, 1.165) is 11.4 Å². The molecule has 21 heavy (non-hydrogen) atoms. The third-order valence-electron chi connectivity index (χ3n) is 2.83. The first-order valence-corrected chi connectivity index (χ1v) is 6.82. The fourth-order valence-electron chi connectivity index (χ4n) is 1.83. The normalized spacial score (nSPS) is 11.8. The molecule has 6 heteroatoms. The minimum Gasteiger partial charge on any atom is -0.492 e. The predicted octanol–water partition coefficient (Wildman–Crippen LogP) is 2.82. The summed E-state index contributed by atoms with van der Waals surface area (Å²) < 4.78 is 10.4. The Kier molecular flexibility index (Phi) is 4.81. The van der Waals surface area contributed by atoms with Crippen molar-refractivity contribution < 1.29 is 14.1 Å². The van der Waals surface area contributed by atoms with Crippen molar-refractivity contribution in [1.82, 2.24) is 5.16 Å². The molecule has 0 aliphatic rings. The van der Waals surface area contributed by atoms with Crippen LogP contribution in [0.5, 0.6) is 5.75 Å². The summed E-state index contributed by atoms with van der Waals surface area (Å²) in [5.74, 6) is 1.57. The van der Waals surface area contributed by atoms with Gasteiger partial charge in [0.25, 0.3) is 0 Å². The highest BCUT2D eigenvalue weighted by atomic mass is 16.5. The summed E-state index contributed by atoms with van der Waals surface area (Å²) in [7, 11) is 0. The van der Waals surface area contributed by atoms with E-state index < -0.39 is 6.04 Å². The molecule has 2 rings (SSSR count). The summed E-state index contributed by atoms with van der Waals surface area (Å²) in [4.78, 5) is 12.1. The molecule has 1 amide bonds. The second-order valence-electron chi connectivity index (χ2n) is 4.61. The maximum Gasteiger partial charge on any atom is 0.247 e. The number of amides is 1. The Morgan fingerprint density at radius 1 is 1.43 bits per heavy atom. The number of nitrogens with zero attached hydrogens (tertiary/aromatic N) is 1. The van der Waals surface area contributed by atoms with E-state index in [0.29, 0.717) is 18.2 Å². The minimum atomic E-state index is -0.441. The number of aryl methyl sites for hydroxylation is 1. The average molecular weight is 289 g/mol. The molecule has 0 fully saturated rings. The van der Waals surface area contributed by atoms with Gasteiger partial charge in [-0.15, -0.1) is 0 Å². The van der Waals surface area contributed by atoms with E-state index in [2.05, 4.69) is 15.8 Å². The summed E-state index contributed by atoms with van der Waals surface area (Å²) in [5, 5.41) is 9.55. The van der Waals surface area contributed by atoms with Crippen LogP contribution in [0.1, 0.15) is 19.6 Å². The monoisotopic (exact) mass is 289 g/mol. The number of ether oxygens (including phenoxy) is 1. The zero-order valence-electron chi connectivity index (χ0n) is 12.3. The molecule has 112 valence electrons. The van der Waals surface area contributed by atoms with Crippen LogP contribution in [0.4, 0.5) is 11.5 Å². The van der Waals surface area contributed by atoms with Crippen LogP contribution in [0.15, 0.2) is 34.9 Å². The molecule has 0 saturated heterocycles. The van der Waals surface area contributed by atoms with Gasteiger partial charge in [-0.25, -0.2) is 0 Å². The van der Waals surface area contributed by atoms with E-state index in [1.54, 1.807) is 19.9 Å². The standard InChI is InChI=1S/C15H19N3O3/c1-4-20-13-8-6-5-7-12(13)16-11(3)15(19)17-14-9-10(2)21-18-14/h5-9,11,16H,4H2,1-3H3,(H,17,18,19). The Balaban J connectivity index is 2.00. The highest BCUT2D eigenvalue weighted by Crippen LogP contribution is 2.24. The summed E-state index contributed by atoms with van der Waals surface area (Å²) in [6.45, 7) is 6.02. The highest BCUT2D eigenvalue weighted by molar-refractivity contribution is 5.95. The summed E-state index contributed by atoms with van der Waals surface area (Å²) in [5.41, 5.74) is 0.776. The van der Waals surface area contributed by atoms with Crippen LogP contribution in [0.25, 0.3) is 0 Å². The van der Waals surface area contributed by atoms with Crippen molar-refractivity contribution in [2.75, 3.05) is 17.2 Å². The van der Waals surface area contributed by atoms with Gasteiger partial charge in [-0.2, -0.15) is 0 Å². The van der Waals surface area contributed by atoms with Gasteiger partial charge in [-0.05, 0) is 32.9 Å². The largest absolute Gasteiger partial charge is 0.492 e. The van der Waals surface area contributed by atoms with Gasteiger partial charge in [0.2, 0.25) is 5.91 Å². The zero-order chi connectivity index (χ0) is 15.2. The fraction of sp³-hybridized carbons (Fsp3) is 0.333. The Bertz CT molecular complexity index is 610. The van der Waals surface area contributed by atoms with Crippen LogP contribution in [-0.4, -0.2) is 23.7 Å². The molecular formula is C15H19N3O3. The first kappa shape index (κ1) is 14.9. The summed E-state index contributed by atoms with van der Waals surface area (Å²) in [6.07, 6.45) is 0. The third kappa shape index (κ3) is 3.98. The molecule has 0 aliphatic heterocycles. The lowest BCUT2D eigenvalue weighted by molar-refractivity contribution is -0.116. The minimum absolute atomic E-state index is 0.199. The Morgan fingerprint density at radius 3 is 2.86 bits per heavy atom. The topological polar surface area (TPSA) is 76.4 Å². The fourth-order valence-corrected chi connectivity index (χ4v) is 1.83. The number of hydrogen-bond donors (Lipinski definition) is 2. The number of carbonyl (C=O) groups is 1. The van der Waals surface area contributed by atoms with E-state index in [-0.39, 0.29) is 5.91 Å². The molecule has 0 spiro atoms. The summed E-state index contributed by atoms with van der Waals surface area (Å²) >= 11 is 0. The van der Waals surface area contributed by atoms with Gasteiger partial charge < -0.3 is 19.9 Å². The number of anilines is 2. The van der Waals surface area contributed by atoms with E-state index in [1.165, 1.54) is 0 Å². The molecule has 1 aromatic carbocycles. The molecule has 0 aliphatic carbocycles. The van der Waals surface area contributed by atoms with Gasteiger partial charge in [0.15, 0.2) is 5.82 Å². The molecule has 2 aromatic rings. The number of rotatable bonds is 6. The van der Waals surface area contributed by atoms with E-state index in [9.17, 15) is 4.79 Å². The SMILES string of the molecule is CCOc1ccccc1NC(C)C(=O)Nc1cc(C)on1. The van der Waals surface area contributed by atoms with Crippen molar-refractivity contribution in [2.45, 2.75) is 26.8 Å². The lowest BCUT2D eigenvalue weighted by atomic mass is 10.2. The number of nitrogens with one attached hydrogen (secondary N) is 2. The molecule has 2 N–H and O–H groups in total. The van der Waals surface area contributed by atoms with Crippen molar-refractivity contribution >= 4 is 17.4 Å². The summed E-state index contributed by atoms with van der Waals surface area (Å²) in [6, 6.07) is 8.73. The molecule has 0 radical (unpaired) electrons. The van der Waals surface area contributed by atoms with E-state index in [1.807, 2.05) is 31.2 Å². The predicted molar refractivity (Wildman–Crippen MR) is 80.6 cm³/mol. The molecule has 6 nitrogen and oxygen atoms in total. The zero-order valence-corrected chi connectivity index (χ0v) is 12.3. The molecule has 1 heterocycles. The van der Waals surface area contributed by atoms with Crippen LogP contribution in [0, 0.1) is 6.92 Å². The van der Waals surface area contributed by atoms with Gasteiger partial charge in [0.05, 0.1) is 12.3 Å². The molecule has 1 unspecified atom stereocenters. The van der Waals surface area contributed by atoms with Crippen LogP contribution < -0.4 is 15.4 Å². The van der Waals surface area contributed by atoms with Gasteiger partial charge in [-0.3, -0.25) is 4.79 Å². The first-order chi connectivity index (χ1) is 10.1. The second-order valence-corrected chi connectivity index (χ2v) is 4.61. The molecule has 0 saturated carbocycles. The van der Waals surface area contributed by atoms with Crippen LogP contribution in [-0.2, 0) is 4.79 Å². The lowest BCUT2D eigenvalue weighted by Crippen LogP contribution is -2.32. The van der Waals surface area contributed by atoms with Crippen LogP contribution >= 0.6 is 0 Å². The van der Waals surface area contributed by atoms with Crippen molar-refractivity contribution in [3.8, 4) is 5.75 Å². The second kappa shape index (κ2) is 6.78. The maximum atomic E-state index is 12.1. The number of aromatic nitrogens is 1. The molecule has 1 aromatic heterocycles. The van der Waals surface area contributed by atoms with Gasteiger partial charge in [0, 0.05) is 6.07 Å². The van der Waals surface area contributed by atoms with Crippen LogP contribution in [0.2, 0.25) is 0 Å². The van der Waals surface area contributed by atoms with Crippen molar-refractivity contribution in [2.24, 2.45) is 0 Å². The van der Waals surface area contributed by atoms with Crippen molar-refractivity contribution in [1.29, 1.82) is 0 Å². The number of benzene rings is 1. The van der Waals surface area contributed by atoms with Gasteiger partial charge in [0.1, 0.15) is 17.6 Å². The van der Waals surface area contributed by atoms with Gasteiger partial charge in [-0.1, -0.05) is 17.3 Å². The van der Waals surface area contributed by atoms with Crippen LogP contribution in [0.3, 0.4) is 0 Å². The lowest BCUT2D eigenvalue weighted by Gasteiger charge is -2.17. The Morgan fingerprint density at radius 2 is 2.19 bits per heavy atom. The smallest absolute Gasteiger partial charge is 0.247 e. The maximum absolute atomic E-state index is 12.1. The van der Waals surface area contributed by atoms with E-state index >= 15 is 0 Å². The number of hydrogen-bond acceptors (Lipinski definition) is 5. The highest BCUT2D eigenvalue weighted by Gasteiger charge is 2.16. The average Bonchev–Trinajstić information content (AvgIpc) is 2.86. The van der Waals surface area contributed by atoms with Crippen molar-refractivity contribution in [3.05, 3.63) is 36.1 Å². The number of carbonyl (C=O) groups excluding carboxylic acids is 1.